The molecular formula is C17H17F4NOS. The second-order valence-corrected chi connectivity index (χ2v) is 6.22. The van der Waals surface area contributed by atoms with E-state index in [-0.39, 0.29) is 5.69 Å². The summed E-state index contributed by atoms with van der Waals surface area (Å²) in [6, 6.07) is 9.90. The maximum absolute atomic E-state index is 14.0. The first-order valence-corrected chi connectivity index (χ1v) is 8.13. The van der Waals surface area contributed by atoms with Crippen LogP contribution in [-0.4, -0.2) is 19.0 Å². The summed E-state index contributed by atoms with van der Waals surface area (Å²) in [7, 11) is 1.56. The SMILES string of the molecule is COc1ccc(CNc2cc(SCC(F)(F)F)c(C)cc2F)cc1. The molecule has 2 aromatic rings. The van der Waals surface area contributed by atoms with Crippen LogP contribution in [0.15, 0.2) is 41.3 Å². The molecule has 24 heavy (non-hydrogen) atoms. The van der Waals surface area contributed by atoms with Crippen molar-refractivity contribution in [2.75, 3.05) is 18.2 Å². The van der Waals surface area contributed by atoms with Crippen LogP contribution in [0, 0.1) is 12.7 Å². The molecule has 0 spiro atoms. The van der Waals surface area contributed by atoms with E-state index in [4.69, 9.17) is 4.74 Å². The van der Waals surface area contributed by atoms with E-state index in [0.29, 0.717) is 34.5 Å². The van der Waals surface area contributed by atoms with Crippen molar-refractivity contribution in [2.45, 2.75) is 24.5 Å². The summed E-state index contributed by atoms with van der Waals surface area (Å²) in [6.07, 6.45) is -4.26. The monoisotopic (exact) mass is 359 g/mol. The first-order valence-electron chi connectivity index (χ1n) is 7.15. The minimum absolute atomic E-state index is 0.182. The van der Waals surface area contributed by atoms with Gasteiger partial charge >= 0.3 is 6.18 Å². The molecule has 0 saturated heterocycles. The molecule has 0 atom stereocenters. The van der Waals surface area contributed by atoms with Gasteiger partial charge in [0.05, 0.1) is 18.6 Å². The smallest absolute Gasteiger partial charge is 0.398 e. The minimum atomic E-state index is -4.26. The van der Waals surface area contributed by atoms with Crippen LogP contribution in [0.3, 0.4) is 0 Å². The molecule has 0 heterocycles. The molecule has 2 nitrogen and oxygen atoms in total. The Labute approximate surface area is 142 Å². The molecule has 1 N–H and O–H groups in total. The fraction of sp³-hybridized carbons (Fsp3) is 0.294. The molecule has 0 aliphatic heterocycles. The number of ether oxygens (including phenoxy) is 1. The third-order valence-electron chi connectivity index (χ3n) is 3.30. The fourth-order valence-corrected chi connectivity index (χ4v) is 2.85. The van der Waals surface area contributed by atoms with E-state index >= 15 is 0 Å². The normalized spacial score (nSPS) is 11.4. The number of rotatable bonds is 6. The molecule has 130 valence electrons. The van der Waals surface area contributed by atoms with Gasteiger partial charge in [0, 0.05) is 11.4 Å². The maximum Gasteiger partial charge on any atom is 0.398 e. The van der Waals surface area contributed by atoms with Crippen molar-refractivity contribution in [3.05, 3.63) is 53.3 Å². The number of nitrogens with one attached hydrogen (secondary N) is 1. The highest BCUT2D eigenvalue weighted by atomic mass is 32.2. The van der Waals surface area contributed by atoms with Crippen molar-refractivity contribution in [3.8, 4) is 5.75 Å². The summed E-state index contributed by atoms with van der Waals surface area (Å²) < 4.78 is 56.2. The van der Waals surface area contributed by atoms with Crippen LogP contribution in [0.2, 0.25) is 0 Å². The molecule has 0 aromatic heterocycles. The predicted molar refractivity (Wildman–Crippen MR) is 88.2 cm³/mol. The Bertz CT molecular complexity index is 686. The van der Waals surface area contributed by atoms with Gasteiger partial charge < -0.3 is 10.1 Å². The zero-order chi connectivity index (χ0) is 17.7. The van der Waals surface area contributed by atoms with Crippen LogP contribution < -0.4 is 10.1 Å². The van der Waals surface area contributed by atoms with Crippen molar-refractivity contribution in [1.29, 1.82) is 0 Å². The van der Waals surface area contributed by atoms with Gasteiger partial charge in [-0.05, 0) is 42.3 Å². The first-order chi connectivity index (χ1) is 11.3. The highest BCUT2D eigenvalue weighted by molar-refractivity contribution is 7.99. The molecule has 7 heteroatoms. The first kappa shape index (κ1) is 18.4. The summed E-state index contributed by atoms with van der Waals surface area (Å²) in [5.41, 5.74) is 1.57. The molecule has 2 aromatic carbocycles. The summed E-state index contributed by atoms with van der Waals surface area (Å²) >= 11 is 0.655. The standard InChI is InChI=1S/C17H17F4NOS/c1-11-7-14(18)15(8-16(11)24-10-17(19,20)21)22-9-12-3-5-13(23-2)6-4-12/h3-8,22H,9-10H2,1-2H3. The lowest BCUT2D eigenvalue weighted by atomic mass is 10.2. The fourth-order valence-electron chi connectivity index (χ4n) is 2.04. The quantitative estimate of drug-likeness (QED) is 0.550. The Morgan fingerprint density at radius 3 is 2.38 bits per heavy atom. The molecule has 2 rings (SSSR count). The number of alkyl halides is 3. The lowest BCUT2D eigenvalue weighted by molar-refractivity contribution is -0.105. The third-order valence-corrected chi connectivity index (χ3v) is 4.52. The van der Waals surface area contributed by atoms with Gasteiger partial charge in [-0.2, -0.15) is 13.2 Å². The van der Waals surface area contributed by atoms with Crippen molar-refractivity contribution in [1.82, 2.24) is 0 Å². The Hall–Kier alpha value is -1.89. The molecule has 0 saturated carbocycles. The van der Waals surface area contributed by atoms with E-state index < -0.39 is 17.7 Å². The number of hydrogen-bond donors (Lipinski definition) is 1. The van der Waals surface area contributed by atoms with Crippen LogP contribution in [0.25, 0.3) is 0 Å². The van der Waals surface area contributed by atoms with Gasteiger partial charge in [-0.3, -0.25) is 0 Å². The molecule has 0 amide bonds. The average molecular weight is 359 g/mol. The van der Waals surface area contributed by atoms with Crippen molar-refractivity contribution >= 4 is 17.4 Å². The van der Waals surface area contributed by atoms with E-state index in [0.717, 1.165) is 5.56 Å². The van der Waals surface area contributed by atoms with Crippen LogP contribution in [-0.2, 0) is 6.54 Å². The lowest BCUT2D eigenvalue weighted by Crippen LogP contribution is -2.11. The molecular weight excluding hydrogens is 342 g/mol. The zero-order valence-corrected chi connectivity index (χ0v) is 14.0. The number of aryl methyl sites for hydroxylation is 1. The number of halogens is 4. The van der Waals surface area contributed by atoms with Gasteiger partial charge in [0.15, 0.2) is 0 Å². The van der Waals surface area contributed by atoms with Gasteiger partial charge in [-0.1, -0.05) is 12.1 Å². The Morgan fingerprint density at radius 1 is 1.12 bits per heavy atom. The van der Waals surface area contributed by atoms with Crippen molar-refractivity contribution in [2.24, 2.45) is 0 Å². The summed E-state index contributed by atoms with van der Waals surface area (Å²) in [6.45, 7) is 1.95. The van der Waals surface area contributed by atoms with Gasteiger partial charge in [0.25, 0.3) is 0 Å². The van der Waals surface area contributed by atoms with Crippen molar-refractivity contribution in [3.63, 3.8) is 0 Å². The van der Waals surface area contributed by atoms with Gasteiger partial charge in [0.1, 0.15) is 11.6 Å². The second kappa shape index (κ2) is 7.79. The maximum atomic E-state index is 14.0. The molecule has 0 aliphatic carbocycles. The van der Waals surface area contributed by atoms with Crippen LogP contribution in [0.1, 0.15) is 11.1 Å². The minimum Gasteiger partial charge on any atom is -0.497 e. The van der Waals surface area contributed by atoms with Gasteiger partial charge in [-0.25, -0.2) is 4.39 Å². The van der Waals surface area contributed by atoms with Gasteiger partial charge in [0.2, 0.25) is 0 Å². The molecule has 0 radical (unpaired) electrons. The highest BCUT2D eigenvalue weighted by Crippen LogP contribution is 2.32. The van der Waals surface area contributed by atoms with E-state index in [1.165, 1.54) is 12.1 Å². The van der Waals surface area contributed by atoms with Gasteiger partial charge in [-0.15, -0.1) is 11.8 Å². The number of hydrogen-bond acceptors (Lipinski definition) is 3. The zero-order valence-electron chi connectivity index (χ0n) is 13.2. The second-order valence-electron chi connectivity index (χ2n) is 5.20. The Kier molecular flexibility index (Phi) is 5.99. The number of benzene rings is 2. The van der Waals surface area contributed by atoms with Crippen LogP contribution >= 0.6 is 11.8 Å². The molecule has 0 bridgehead atoms. The van der Waals surface area contributed by atoms with E-state index in [2.05, 4.69) is 5.32 Å². The largest absolute Gasteiger partial charge is 0.497 e. The highest BCUT2D eigenvalue weighted by Gasteiger charge is 2.27. The van der Waals surface area contributed by atoms with Crippen LogP contribution in [0.4, 0.5) is 23.2 Å². The number of anilines is 1. The summed E-state index contributed by atoms with van der Waals surface area (Å²) in [5, 5.41) is 2.92. The Balaban J connectivity index is 2.08. The van der Waals surface area contributed by atoms with Crippen LogP contribution in [0.5, 0.6) is 5.75 Å². The molecule has 0 unspecified atom stereocenters. The average Bonchev–Trinajstić information content (AvgIpc) is 2.52. The van der Waals surface area contributed by atoms with E-state index in [1.54, 1.807) is 26.2 Å². The molecule has 0 fully saturated rings. The summed E-state index contributed by atoms with van der Waals surface area (Å²) in [4.78, 5) is 0.408. The number of thioether (sulfide) groups is 1. The summed E-state index contributed by atoms with van der Waals surface area (Å²) in [5.74, 6) is -0.777. The Morgan fingerprint density at radius 2 is 1.79 bits per heavy atom. The predicted octanol–water partition coefficient (Wildman–Crippen LogP) is 5.41. The molecule has 0 aliphatic rings. The van der Waals surface area contributed by atoms with E-state index in [9.17, 15) is 17.6 Å². The topological polar surface area (TPSA) is 21.3 Å². The third kappa shape index (κ3) is 5.33. The number of methoxy groups -OCH3 is 1. The lowest BCUT2D eigenvalue weighted by Gasteiger charge is -2.13. The van der Waals surface area contributed by atoms with E-state index in [1.807, 2.05) is 12.1 Å². The van der Waals surface area contributed by atoms with Crippen molar-refractivity contribution < 1.29 is 22.3 Å².